The molecule has 1 N–H and O–H groups in total. The van der Waals surface area contributed by atoms with Crippen molar-refractivity contribution in [2.45, 2.75) is 45.3 Å². The third-order valence-electron chi connectivity index (χ3n) is 5.65. The second kappa shape index (κ2) is 11.7. The minimum Gasteiger partial charge on any atom is -0.468 e. The summed E-state index contributed by atoms with van der Waals surface area (Å²) in [4.78, 5) is 25.0. The lowest BCUT2D eigenvalue weighted by molar-refractivity contribution is -0.146. The smallest absolute Gasteiger partial charge is 0.323 e. The van der Waals surface area contributed by atoms with E-state index in [1.165, 1.54) is 14.2 Å². The van der Waals surface area contributed by atoms with Gasteiger partial charge in [-0.3, -0.25) is 14.9 Å². The summed E-state index contributed by atoms with van der Waals surface area (Å²) in [5.74, 6) is -0.597. The minimum absolute atomic E-state index is 0.237. The van der Waals surface area contributed by atoms with E-state index in [4.69, 9.17) is 32.7 Å². The number of hydrogen-bond acceptors (Lipinski definition) is 5. The van der Waals surface area contributed by atoms with Crippen LogP contribution in [-0.2, 0) is 32.0 Å². The third kappa shape index (κ3) is 6.53. The lowest BCUT2D eigenvalue weighted by Crippen LogP contribution is -2.49. The number of carbonyl (C=O) groups is 2. The average molecular weight is 505 g/mol. The molecule has 3 rings (SSSR count). The molecule has 182 valence electrons. The highest BCUT2D eigenvalue weighted by Crippen LogP contribution is 2.26. The summed E-state index contributed by atoms with van der Waals surface area (Å²) < 4.78 is 12.1. The molecule has 0 unspecified atom stereocenters. The van der Waals surface area contributed by atoms with Crippen LogP contribution in [0.25, 0.3) is 10.9 Å². The largest absolute Gasteiger partial charge is 0.468 e. The second-order valence-corrected chi connectivity index (χ2v) is 9.60. The van der Waals surface area contributed by atoms with E-state index in [0.29, 0.717) is 29.4 Å². The summed E-state index contributed by atoms with van der Waals surface area (Å²) >= 11 is 12.4. The molecule has 0 aliphatic heterocycles. The molecule has 1 heterocycles. The molecule has 6 nitrogen and oxygen atoms in total. The molecule has 34 heavy (non-hydrogen) atoms. The van der Waals surface area contributed by atoms with Gasteiger partial charge >= 0.3 is 11.9 Å². The van der Waals surface area contributed by atoms with Gasteiger partial charge in [0.2, 0.25) is 0 Å². The summed E-state index contributed by atoms with van der Waals surface area (Å²) in [6.07, 6.45) is 2.91. The Morgan fingerprint density at radius 3 is 2.21 bits per heavy atom. The molecule has 0 bridgehead atoms. The number of methoxy groups -OCH3 is 2. The molecular weight excluding hydrogens is 475 g/mol. The van der Waals surface area contributed by atoms with Crippen molar-refractivity contribution in [1.82, 2.24) is 9.88 Å². The van der Waals surface area contributed by atoms with Crippen LogP contribution in [-0.4, -0.2) is 42.8 Å². The van der Waals surface area contributed by atoms with Crippen LogP contribution in [0, 0.1) is 5.92 Å². The van der Waals surface area contributed by atoms with Gasteiger partial charge in [0.05, 0.1) is 14.2 Å². The van der Waals surface area contributed by atoms with Gasteiger partial charge < -0.3 is 14.0 Å². The number of benzene rings is 2. The van der Waals surface area contributed by atoms with E-state index in [2.05, 4.69) is 9.88 Å². The Labute approximate surface area is 210 Å². The first-order valence-electron chi connectivity index (χ1n) is 11.1. The molecule has 1 aromatic heterocycles. The van der Waals surface area contributed by atoms with Gasteiger partial charge in [-0.25, -0.2) is 0 Å². The molecule has 8 heteroatoms. The number of nitrogens with one attached hydrogen (secondary N) is 1. The van der Waals surface area contributed by atoms with Crippen molar-refractivity contribution in [3.05, 3.63) is 69.8 Å². The standard InChI is InChI=1S/C26H30Cl2N2O4/c1-16(2)9-22(25(31)33-3)29-23(26(32)34-4)12-18-15-30(24-8-6-5-7-21(18)24)14-17-10-19(27)13-20(28)11-17/h5-8,10-11,13,15-16,22-23,29H,9,12,14H2,1-4H3/t22-,23-/m0/s1. The van der Waals surface area contributed by atoms with Gasteiger partial charge in [0.25, 0.3) is 0 Å². The lowest BCUT2D eigenvalue weighted by atomic mass is 10.00. The fraction of sp³-hybridized carbons (Fsp3) is 0.385. The molecule has 0 aliphatic rings. The fourth-order valence-electron chi connectivity index (χ4n) is 4.18. The molecule has 0 spiro atoms. The predicted molar refractivity (Wildman–Crippen MR) is 135 cm³/mol. The molecule has 0 aliphatic carbocycles. The Kier molecular flexibility index (Phi) is 9.00. The van der Waals surface area contributed by atoms with E-state index in [-0.39, 0.29) is 5.92 Å². The van der Waals surface area contributed by atoms with Crippen molar-refractivity contribution in [2.24, 2.45) is 5.92 Å². The van der Waals surface area contributed by atoms with Crippen LogP contribution >= 0.6 is 23.2 Å². The number of carbonyl (C=O) groups excluding carboxylic acids is 2. The Morgan fingerprint density at radius 2 is 1.59 bits per heavy atom. The first-order chi connectivity index (χ1) is 16.2. The highest BCUT2D eigenvalue weighted by atomic mass is 35.5. The number of nitrogens with zero attached hydrogens (tertiary/aromatic N) is 1. The number of fused-ring (bicyclic) bond motifs is 1. The van der Waals surface area contributed by atoms with E-state index < -0.39 is 24.0 Å². The zero-order valence-corrected chi connectivity index (χ0v) is 21.3. The molecule has 0 saturated heterocycles. The van der Waals surface area contributed by atoms with Gasteiger partial charge in [0.1, 0.15) is 12.1 Å². The van der Waals surface area contributed by atoms with Crippen molar-refractivity contribution in [1.29, 1.82) is 0 Å². The predicted octanol–water partition coefficient (Wildman–Crippen LogP) is 5.26. The van der Waals surface area contributed by atoms with Crippen LogP contribution in [0.2, 0.25) is 10.0 Å². The van der Waals surface area contributed by atoms with Crippen LogP contribution in [0.15, 0.2) is 48.7 Å². The first-order valence-corrected chi connectivity index (χ1v) is 11.9. The van der Waals surface area contributed by atoms with E-state index in [1.807, 2.05) is 56.4 Å². The molecule has 2 atom stereocenters. The number of rotatable bonds is 10. The maximum Gasteiger partial charge on any atom is 0.323 e. The number of hydrogen-bond donors (Lipinski definition) is 1. The van der Waals surface area contributed by atoms with Gasteiger partial charge in [-0.15, -0.1) is 0 Å². The molecule has 0 saturated carbocycles. The second-order valence-electron chi connectivity index (χ2n) is 8.73. The SMILES string of the molecule is COC(=O)[C@H](Cc1cn(Cc2cc(Cl)cc(Cl)c2)c2ccccc12)N[C@@H](CC(C)C)C(=O)OC. The van der Waals surface area contributed by atoms with Crippen molar-refractivity contribution >= 4 is 46.0 Å². The van der Waals surface area contributed by atoms with Gasteiger partial charge in [0.15, 0.2) is 0 Å². The normalized spacial score (nSPS) is 13.1. The van der Waals surface area contributed by atoms with E-state index >= 15 is 0 Å². The van der Waals surface area contributed by atoms with Gasteiger partial charge in [0, 0.05) is 40.1 Å². The van der Waals surface area contributed by atoms with Crippen LogP contribution in [0.5, 0.6) is 0 Å². The Balaban J connectivity index is 1.94. The zero-order chi connectivity index (χ0) is 24.8. The van der Waals surface area contributed by atoms with E-state index in [9.17, 15) is 9.59 Å². The topological polar surface area (TPSA) is 69.6 Å². The van der Waals surface area contributed by atoms with Crippen LogP contribution in [0.1, 0.15) is 31.4 Å². The third-order valence-corrected chi connectivity index (χ3v) is 6.09. The number of halogens is 2. The molecule has 0 radical (unpaired) electrons. The van der Waals surface area contributed by atoms with Gasteiger partial charge in [-0.1, -0.05) is 55.2 Å². The highest BCUT2D eigenvalue weighted by Gasteiger charge is 2.29. The number of aromatic nitrogens is 1. The molecule has 0 amide bonds. The minimum atomic E-state index is -0.715. The van der Waals surface area contributed by atoms with Gasteiger partial charge in [-0.2, -0.15) is 0 Å². The van der Waals surface area contributed by atoms with Crippen LogP contribution in [0.4, 0.5) is 0 Å². The molecule has 2 aromatic carbocycles. The number of para-hydroxylation sites is 1. The summed E-state index contributed by atoms with van der Waals surface area (Å²) in [5.41, 5.74) is 2.94. The first kappa shape index (κ1) is 26.1. The van der Waals surface area contributed by atoms with E-state index in [0.717, 1.165) is 22.0 Å². The Hall–Kier alpha value is -2.54. The van der Waals surface area contributed by atoms with Crippen molar-refractivity contribution in [2.75, 3.05) is 14.2 Å². The molecule has 0 fully saturated rings. The number of esters is 2. The number of ether oxygens (including phenoxy) is 2. The van der Waals surface area contributed by atoms with Crippen molar-refractivity contribution in [3.8, 4) is 0 Å². The maximum atomic E-state index is 12.7. The van der Waals surface area contributed by atoms with Crippen molar-refractivity contribution < 1.29 is 19.1 Å². The maximum absolute atomic E-state index is 12.7. The Morgan fingerprint density at radius 1 is 0.971 bits per heavy atom. The van der Waals surface area contributed by atoms with Crippen LogP contribution in [0.3, 0.4) is 0 Å². The quantitative estimate of drug-likeness (QED) is 0.381. The monoisotopic (exact) mass is 504 g/mol. The van der Waals surface area contributed by atoms with Crippen LogP contribution < -0.4 is 5.32 Å². The van der Waals surface area contributed by atoms with E-state index in [1.54, 1.807) is 6.07 Å². The summed E-state index contributed by atoms with van der Waals surface area (Å²) in [7, 11) is 2.69. The lowest BCUT2D eigenvalue weighted by Gasteiger charge is -2.23. The summed E-state index contributed by atoms with van der Waals surface area (Å²) in [6.45, 7) is 4.59. The summed E-state index contributed by atoms with van der Waals surface area (Å²) in [6, 6.07) is 12.1. The Bertz CT molecular complexity index is 1140. The average Bonchev–Trinajstić information content (AvgIpc) is 3.13. The zero-order valence-electron chi connectivity index (χ0n) is 19.8. The molecule has 3 aromatic rings. The van der Waals surface area contributed by atoms with Gasteiger partial charge in [-0.05, 0) is 47.7 Å². The van der Waals surface area contributed by atoms with Crippen molar-refractivity contribution in [3.63, 3.8) is 0 Å². The summed E-state index contributed by atoms with van der Waals surface area (Å²) in [5, 5.41) is 5.35. The fourth-order valence-corrected chi connectivity index (χ4v) is 4.75. The highest BCUT2D eigenvalue weighted by molar-refractivity contribution is 6.34. The molecular formula is C26H30Cl2N2O4.